The molecule has 2 aromatic carbocycles. The number of methoxy groups -OCH3 is 1. The first-order valence-corrected chi connectivity index (χ1v) is 13.2. The number of allylic oxidation sites excluding steroid dienone is 1. The van der Waals surface area contributed by atoms with E-state index in [4.69, 9.17) is 41.8 Å². The highest BCUT2D eigenvalue weighted by Crippen LogP contribution is 2.35. The topological polar surface area (TPSA) is 144 Å². The fourth-order valence-corrected chi connectivity index (χ4v) is 4.33. The van der Waals surface area contributed by atoms with Crippen LogP contribution in [0.3, 0.4) is 0 Å². The van der Waals surface area contributed by atoms with Crippen LogP contribution in [0.2, 0.25) is 10.0 Å². The Bertz CT molecular complexity index is 1490. The van der Waals surface area contributed by atoms with E-state index in [1.165, 1.54) is 13.3 Å². The van der Waals surface area contributed by atoms with Gasteiger partial charge in [-0.25, -0.2) is 9.59 Å². The molecular weight excluding hydrogens is 575 g/mol. The molecule has 0 saturated heterocycles. The third-order valence-electron chi connectivity index (χ3n) is 5.92. The average molecular weight is 603 g/mol. The number of ether oxygens (including phenoxy) is 3. The van der Waals surface area contributed by atoms with Gasteiger partial charge in [-0.2, -0.15) is 5.10 Å². The number of rotatable bonds is 11. The Kier molecular flexibility index (Phi) is 9.77. The zero-order chi connectivity index (χ0) is 29.5. The van der Waals surface area contributed by atoms with Gasteiger partial charge >= 0.3 is 12.0 Å². The van der Waals surface area contributed by atoms with Crippen LogP contribution in [0.4, 0.5) is 4.79 Å². The van der Waals surface area contributed by atoms with Crippen molar-refractivity contribution in [2.24, 2.45) is 5.10 Å². The monoisotopic (exact) mass is 602 g/mol. The number of hydrogen-bond acceptors (Lipinski definition) is 9. The minimum Gasteiger partial charge on any atom is -0.490 e. The third-order valence-corrected chi connectivity index (χ3v) is 6.66. The van der Waals surface area contributed by atoms with Crippen LogP contribution in [-0.4, -0.2) is 49.9 Å². The van der Waals surface area contributed by atoms with E-state index in [0.717, 1.165) is 5.56 Å². The van der Waals surface area contributed by atoms with Gasteiger partial charge in [0.05, 0.1) is 41.6 Å². The molecule has 0 bridgehead atoms. The van der Waals surface area contributed by atoms with E-state index in [2.05, 4.69) is 21.2 Å². The Labute approximate surface area is 246 Å². The van der Waals surface area contributed by atoms with Crippen molar-refractivity contribution in [1.82, 2.24) is 16.1 Å². The smallest absolute Gasteiger partial charge is 0.337 e. The molecule has 0 radical (unpaired) electrons. The number of hydrazone groups is 1. The highest BCUT2D eigenvalue weighted by atomic mass is 35.5. The van der Waals surface area contributed by atoms with Crippen molar-refractivity contribution >= 4 is 41.4 Å². The number of carbonyl (C=O) groups excluding carboxylic acids is 2. The van der Waals surface area contributed by atoms with E-state index in [-0.39, 0.29) is 12.2 Å². The summed E-state index contributed by atoms with van der Waals surface area (Å²) in [5.74, 6) is 1.16. The molecule has 1 aliphatic rings. The fraction of sp³-hybridized carbons (Fsp3) is 0.250. The van der Waals surface area contributed by atoms with Gasteiger partial charge in [0.2, 0.25) is 0 Å². The van der Waals surface area contributed by atoms with Crippen LogP contribution in [0.1, 0.15) is 31.2 Å². The average Bonchev–Trinajstić information content (AvgIpc) is 3.42. The standard InChI is InChI=1S/C28H28Cl2N4O7/c1-4-39-23-12-17(26-25(27(36)38-3)15(2)32-28(37)33-26)6-9-22(23)40-14-24(35)34-31-13-18-7-10-21(41-18)16-5-8-19(29)20(30)11-16/h5-13,24,26,34-35H,4,14H2,1-3H3,(H2,32,33,37)/b31-13+/t24-,26+/m1/s1. The van der Waals surface area contributed by atoms with Crippen LogP contribution in [0, 0.1) is 0 Å². The maximum absolute atomic E-state index is 12.4. The van der Waals surface area contributed by atoms with Crippen LogP contribution in [0.5, 0.6) is 11.5 Å². The number of carbonyl (C=O) groups is 2. The Hall–Kier alpha value is -4.19. The lowest BCUT2D eigenvalue weighted by Gasteiger charge is -2.28. The second-order valence-electron chi connectivity index (χ2n) is 8.75. The second kappa shape index (κ2) is 13.4. The van der Waals surface area contributed by atoms with Gasteiger partial charge in [0.15, 0.2) is 17.7 Å². The van der Waals surface area contributed by atoms with Gasteiger partial charge in [-0.1, -0.05) is 29.3 Å². The largest absolute Gasteiger partial charge is 0.490 e. The first-order chi connectivity index (χ1) is 19.7. The maximum atomic E-state index is 12.4. The molecule has 0 saturated carbocycles. The van der Waals surface area contributed by atoms with Crippen molar-refractivity contribution in [2.75, 3.05) is 20.3 Å². The van der Waals surface area contributed by atoms with E-state index in [0.29, 0.717) is 50.9 Å². The molecule has 2 amide bonds. The number of benzene rings is 2. The maximum Gasteiger partial charge on any atom is 0.337 e. The molecular formula is C28H28Cl2N4O7. The minimum atomic E-state index is -1.16. The molecule has 13 heteroatoms. The first-order valence-electron chi connectivity index (χ1n) is 12.5. The molecule has 0 spiro atoms. The molecule has 2 heterocycles. The van der Waals surface area contributed by atoms with Gasteiger partial charge in [0.1, 0.15) is 18.1 Å². The number of halogens is 2. The summed E-state index contributed by atoms with van der Waals surface area (Å²) in [5, 5.41) is 20.5. The number of aliphatic hydroxyl groups is 1. The lowest BCUT2D eigenvalue weighted by atomic mass is 9.95. The number of esters is 1. The van der Waals surface area contributed by atoms with Gasteiger partial charge in [-0.05, 0) is 61.9 Å². The summed E-state index contributed by atoms with van der Waals surface area (Å²) in [4.78, 5) is 24.5. The number of urea groups is 1. The van der Waals surface area contributed by atoms with E-state index in [1.807, 2.05) is 0 Å². The predicted molar refractivity (Wildman–Crippen MR) is 153 cm³/mol. The molecule has 11 nitrogen and oxygen atoms in total. The quantitative estimate of drug-likeness (QED) is 0.106. The molecule has 3 aromatic rings. The SMILES string of the molecule is CCOc1cc([C@@H]2NC(=O)NC(C)=C2C(=O)OC)ccc1OC[C@@H](O)N/N=C/c1ccc(-c2ccc(Cl)c(Cl)c2)o1. The Balaban J connectivity index is 1.39. The Morgan fingerprint density at radius 2 is 1.95 bits per heavy atom. The molecule has 0 fully saturated rings. The van der Waals surface area contributed by atoms with E-state index in [1.54, 1.807) is 62.4 Å². The summed E-state index contributed by atoms with van der Waals surface area (Å²) in [6.07, 6.45) is 0.247. The normalized spacial score (nSPS) is 15.8. The van der Waals surface area contributed by atoms with Crippen LogP contribution in [0.15, 0.2) is 69.3 Å². The fourth-order valence-electron chi connectivity index (χ4n) is 4.04. The number of furan rings is 1. The van der Waals surface area contributed by atoms with Crippen LogP contribution in [0.25, 0.3) is 11.3 Å². The van der Waals surface area contributed by atoms with Crippen molar-refractivity contribution in [3.63, 3.8) is 0 Å². The number of aliphatic hydroxyl groups excluding tert-OH is 1. The van der Waals surface area contributed by atoms with Crippen molar-refractivity contribution < 1.29 is 33.3 Å². The molecule has 0 unspecified atom stereocenters. The van der Waals surface area contributed by atoms with E-state index in [9.17, 15) is 14.7 Å². The van der Waals surface area contributed by atoms with Crippen molar-refractivity contribution in [1.29, 1.82) is 0 Å². The van der Waals surface area contributed by atoms with Crippen molar-refractivity contribution in [3.05, 3.63) is 81.2 Å². The summed E-state index contributed by atoms with van der Waals surface area (Å²) >= 11 is 12.0. The van der Waals surface area contributed by atoms with Gasteiger partial charge in [0, 0.05) is 11.3 Å². The molecule has 216 valence electrons. The van der Waals surface area contributed by atoms with Crippen LogP contribution >= 0.6 is 23.2 Å². The zero-order valence-corrected chi connectivity index (χ0v) is 23.9. The molecule has 4 rings (SSSR count). The van der Waals surface area contributed by atoms with E-state index >= 15 is 0 Å². The Morgan fingerprint density at radius 3 is 2.68 bits per heavy atom. The third kappa shape index (κ3) is 7.31. The summed E-state index contributed by atoms with van der Waals surface area (Å²) in [5.41, 5.74) is 4.55. The molecule has 2 atom stereocenters. The summed E-state index contributed by atoms with van der Waals surface area (Å²) in [7, 11) is 1.27. The van der Waals surface area contributed by atoms with Crippen molar-refractivity contribution in [2.45, 2.75) is 26.1 Å². The van der Waals surface area contributed by atoms with Gasteiger partial charge in [-0.15, -0.1) is 0 Å². The number of hydrogen-bond donors (Lipinski definition) is 4. The van der Waals surface area contributed by atoms with Gasteiger partial charge in [0.25, 0.3) is 0 Å². The molecule has 4 N–H and O–H groups in total. The van der Waals surface area contributed by atoms with Crippen LogP contribution in [-0.2, 0) is 9.53 Å². The highest BCUT2D eigenvalue weighted by molar-refractivity contribution is 6.42. The summed E-state index contributed by atoms with van der Waals surface area (Å²) < 4.78 is 22.1. The lowest BCUT2D eigenvalue weighted by Crippen LogP contribution is -2.45. The van der Waals surface area contributed by atoms with Crippen molar-refractivity contribution in [3.8, 4) is 22.8 Å². The zero-order valence-electron chi connectivity index (χ0n) is 22.4. The van der Waals surface area contributed by atoms with E-state index < -0.39 is 24.3 Å². The molecule has 1 aromatic heterocycles. The lowest BCUT2D eigenvalue weighted by molar-refractivity contribution is -0.136. The number of amides is 2. The number of nitrogens with zero attached hydrogens (tertiary/aromatic N) is 1. The molecule has 1 aliphatic heterocycles. The summed E-state index contributed by atoms with van der Waals surface area (Å²) in [6.45, 7) is 3.59. The van der Waals surface area contributed by atoms with Gasteiger partial charge < -0.3 is 34.4 Å². The minimum absolute atomic E-state index is 0.167. The number of nitrogens with one attached hydrogen (secondary N) is 3. The molecule has 0 aliphatic carbocycles. The molecule has 41 heavy (non-hydrogen) atoms. The second-order valence-corrected chi connectivity index (χ2v) is 9.56. The first kappa shape index (κ1) is 29.8. The Morgan fingerprint density at radius 1 is 1.15 bits per heavy atom. The van der Waals surface area contributed by atoms with Gasteiger partial charge in [-0.3, -0.25) is 5.43 Å². The predicted octanol–water partition coefficient (Wildman–Crippen LogP) is 4.77. The highest BCUT2D eigenvalue weighted by Gasteiger charge is 2.32. The summed E-state index contributed by atoms with van der Waals surface area (Å²) in [6, 6.07) is 12.4. The van der Waals surface area contributed by atoms with Crippen LogP contribution < -0.4 is 25.5 Å².